The molecule has 6 nitrogen and oxygen atoms in total. The number of hydrogen-bond acceptors (Lipinski definition) is 4. The first-order valence-corrected chi connectivity index (χ1v) is 8.59. The normalized spacial score (nSPS) is 19.9. The minimum atomic E-state index is -0.397. The quantitative estimate of drug-likeness (QED) is 0.925. The average Bonchev–Trinajstić information content (AvgIpc) is 3.01. The lowest BCUT2D eigenvalue weighted by molar-refractivity contribution is 0.0521. The third-order valence-corrected chi connectivity index (χ3v) is 4.86. The Balaban J connectivity index is 1.91. The summed E-state index contributed by atoms with van der Waals surface area (Å²) in [5, 5.41) is 4.30. The molecule has 134 valence electrons. The number of piperidine rings is 1. The van der Waals surface area contributed by atoms with E-state index in [4.69, 9.17) is 5.73 Å². The summed E-state index contributed by atoms with van der Waals surface area (Å²) in [6.07, 6.45) is 1.29. The molecule has 0 aliphatic carbocycles. The summed E-state index contributed by atoms with van der Waals surface area (Å²) in [6, 6.07) is 6.40. The van der Waals surface area contributed by atoms with E-state index >= 15 is 0 Å². The Morgan fingerprint density at radius 1 is 1.40 bits per heavy atom. The SMILES string of the molecule is CCc1nc(C(=O)N2CCC(N)C(C)(C)C2)nn1-c1ccccc1F. The predicted octanol–water partition coefficient (Wildman–Crippen LogP) is 2.17. The molecule has 0 spiro atoms. The van der Waals surface area contributed by atoms with Crippen molar-refractivity contribution in [2.24, 2.45) is 11.1 Å². The van der Waals surface area contributed by atoms with Gasteiger partial charge in [0.15, 0.2) is 0 Å². The summed E-state index contributed by atoms with van der Waals surface area (Å²) in [6.45, 7) is 7.15. The molecule has 1 unspecified atom stereocenters. The lowest BCUT2D eigenvalue weighted by Gasteiger charge is -2.42. The highest BCUT2D eigenvalue weighted by molar-refractivity contribution is 5.90. The molecule has 1 aromatic carbocycles. The molecule has 1 aliphatic rings. The van der Waals surface area contributed by atoms with Gasteiger partial charge >= 0.3 is 0 Å². The van der Waals surface area contributed by atoms with Crippen LogP contribution in [0.3, 0.4) is 0 Å². The number of hydrogen-bond donors (Lipinski definition) is 1. The van der Waals surface area contributed by atoms with Gasteiger partial charge in [-0.2, -0.15) is 0 Å². The number of nitrogens with zero attached hydrogens (tertiary/aromatic N) is 4. The fourth-order valence-corrected chi connectivity index (χ4v) is 3.17. The Morgan fingerprint density at radius 3 is 2.76 bits per heavy atom. The maximum atomic E-state index is 14.1. The first-order valence-electron chi connectivity index (χ1n) is 8.59. The Morgan fingerprint density at radius 2 is 2.12 bits per heavy atom. The van der Waals surface area contributed by atoms with E-state index < -0.39 is 5.82 Å². The van der Waals surface area contributed by atoms with Crippen molar-refractivity contribution in [1.29, 1.82) is 0 Å². The highest BCUT2D eigenvalue weighted by Crippen LogP contribution is 2.28. The van der Waals surface area contributed by atoms with Crippen molar-refractivity contribution in [3.63, 3.8) is 0 Å². The van der Waals surface area contributed by atoms with Gasteiger partial charge in [0, 0.05) is 25.6 Å². The summed E-state index contributed by atoms with van der Waals surface area (Å²) in [5.74, 6) is 0.0312. The number of nitrogens with two attached hydrogens (primary N) is 1. The van der Waals surface area contributed by atoms with Crippen LogP contribution in [0.15, 0.2) is 24.3 Å². The van der Waals surface area contributed by atoms with Crippen molar-refractivity contribution in [3.05, 3.63) is 41.7 Å². The van der Waals surface area contributed by atoms with E-state index in [0.717, 1.165) is 6.42 Å². The molecule has 7 heteroatoms. The molecule has 0 saturated carbocycles. The molecule has 2 aromatic rings. The van der Waals surface area contributed by atoms with Crippen LogP contribution in [-0.2, 0) is 6.42 Å². The number of aryl methyl sites for hydroxylation is 1. The van der Waals surface area contributed by atoms with Gasteiger partial charge in [0.25, 0.3) is 5.91 Å². The van der Waals surface area contributed by atoms with Crippen LogP contribution in [0, 0.1) is 11.2 Å². The number of para-hydroxylation sites is 1. The summed E-state index contributed by atoms with van der Waals surface area (Å²) >= 11 is 0. The molecule has 1 saturated heterocycles. The predicted molar refractivity (Wildman–Crippen MR) is 93.0 cm³/mol. The van der Waals surface area contributed by atoms with Gasteiger partial charge in [-0.1, -0.05) is 32.9 Å². The molecule has 2 N–H and O–H groups in total. The Labute approximate surface area is 146 Å². The third kappa shape index (κ3) is 3.28. The zero-order valence-electron chi connectivity index (χ0n) is 14.9. The van der Waals surface area contributed by atoms with Crippen LogP contribution < -0.4 is 5.73 Å². The highest BCUT2D eigenvalue weighted by Gasteiger charge is 2.36. The van der Waals surface area contributed by atoms with E-state index in [-0.39, 0.29) is 23.2 Å². The standard InChI is InChI=1S/C18H24FN5O/c1-4-15-21-16(22-24(15)13-8-6-5-7-12(13)19)17(25)23-10-9-14(20)18(2,3)11-23/h5-8,14H,4,9-11,20H2,1-3H3. The molecule has 1 fully saturated rings. The lowest BCUT2D eigenvalue weighted by Crippen LogP contribution is -2.54. The highest BCUT2D eigenvalue weighted by atomic mass is 19.1. The second-order valence-electron chi connectivity index (χ2n) is 7.18. The molecule has 0 bridgehead atoms. The number of amides is 1. The van der Waals surface area contributed by atoms with E-state index in [9.17, 15) is 9.18 Å². The molecule has 0 radical (unpaired) electrons. The van der Waals surface area contributed by atoms with E-state index in [0.29, 0.717) is 31.0 Å². The first kappa shape index (κ1) is 17.5. The van der Waals surface area contributed by atoms with Gasteiger partial charge < -0.3 is 10.6 Å². The molecular weight excluding hydrogens is 321 g/mol. The van der Waals surface area contributed by atoms with Gasteiger partial charge in [-0.25, -0.2) is 14.1 Å². The number of aromatic nitrogens is 3. The van der Waals surface area contributed by atoms with Crippen molar-refractivity contribution in [3.8, 4) is 5.69 Å². The van der Waals surface area contributed by atoms with Gasteiger partial charge in [0.1, 0.15) is 17.3 Å². The minimum Gasteiger partial charge on any atom is -0.335 e. The molecule has 1 atom stereocenters. The smallest absolute Gasteiger partial charge is 0.293 e. The maximum absolute atomic E-state index is 14.1. The molecule has 1 aromatic heterocycles. The van der Waals surface area contributed by atoms with Gasteiger partial charge in [0.05, 0.1) is 0 Å². The zero-order chi connectivity index (χ0) is 18.2. The van der Waals surface area contributed by atoms with Crippen molar-refractivity contribution in [2.45, 2.75) is 39.7 Å². The Bertz CT molecular complexity index is 786. The Kier molecular flexibility index (Phi) is 4.60. The van der Waals surface area contributed by atoms with Crippen LogP contribution in [0.2, 0.25) is 0 Å². The van der Waals surface area contributed by atoms with Gasteiger partial charge in [-0.15, -0.1) is 5.10 Å². The number of carbonyl (C=O) groups is 1. The maximum Gasteiger partial charge on any atom is 0.293 e. The number of halogens is 1. The number of likely N-dealkylation sites (tertiary alicyclic amines) is 1. The molecule has 2 heterocycles. The van der Waals surface area contributed by atoms with E-state index in [1.165, 1.54) is 10.7 Å². The monoisotopic (exact) mass is 345 g/mol. The van der Waals surface area contributed by atoms with Crippen molar-refractivity contribution < 1.29 is 9.18 Å². The number of rotatable bonds is 3. The van der Waals surface area contributed by atoms with Crippen LogP contribution in [-0.4, -0.2) is 44.7 Å². The third-order valence-electron chi connectivity index (χ3n) is 4.86. The van der Waals surface area contributed by atoms with Crippen LogP contribution in [0.5, 0.6) is 0 Å². The van der Waals surface area contributed by atoms with Gasteiger partial charge in [-0.05, 0) is 24.0 Å². The fraction of sp³-hybridized carbons (Fsp3) is 0.500. The topological polar surface area (TPSA) is 77.0 Å². The summed E-state index contributed by atoms with van der Waals surface area (Å²) < 4.78 is 15.5. The largest absolute Gasteiger partial charge is 0.335 e. The zero-order valence-corrected chi connectivity index (χ0v) is 14.9. The summed E-state index contributed by atoms with van der Waals surface area (Å²) in [4.78, 5) is 18.9. The Hall–Kier alpha value is -2.28. The van der Waals surface area contributed by atoms with Crippen LogP contribution in [0.4, 0.5) is 4.39 Å². The van der Waals surface area contributed by atoms with E-state index in [1.807, 2.05) is 6.92 Å². The fourth-order valence-electron chi connectivity index (χ4n) is 3.17. The van der Waals surface area contributed by atoms with Crippen LogP contribution in [0.25, 0.3) is 5.69 Å². The number of carbonyl (C=O) groups excluding carboxylic acids is 1. The van der Waals surface area contributed by atoms with E-state index in [1.54, 1.807) is 23.1 Å². The summed E-state index contributed by atoms with van der Waals surface area (Å²) in [5.41, 5.74) is 6.28. The lowest BCUT2D eigenvalue weighted by atomic mass is 9.79. The van der Waals surface area contributed by atoms with Crippen molar-refractivity contribution in [2.75, 3.05) is 13.1 Å². The number of benzene rings is 1. The second kappa shape index (κ2) is 6.55. The van der Waals surface area contributed by atoms with Gasteiger partial charge in [0.2, 0.25) is 5.82 Å². The minimum absolute atomic E-state index is 0.0617. The van der Waals surface area contributed by atoms with E-state index in [2.05, 4.69) is 23.9 Å². The average molecular weight is 345 g/mol. The van der Waals surface area contributed by atoms with Crippen molar-refractivity contribution >= 4 is 5.91 Å². The van der Waals surface area contributed by atoms with Crippen LogP contribution in [0.1, 0.15) is 43.6 Å². The second-order valence-corrected chi connectivity index (χ2v) is 7.18. The van der Waals surface area contributed by atoms with Crippen LogP contribution >= 0.6 is 0 Å². The first-order chi connectivity index (χ1) is 11.8. The molecular formula is C18H24FN5O. The summed E-state index contributed by atoms with van der Waals surface area (Å²) in [7, 11) is 0. The molecule has 1 amide bonds. The molecule has 25 heavy (non-hydrogen) atoms. The molecule has 1 aliphatic heterocycles. The molecule has 3 rings (SSSR count). The van der Waals surface area contributed by atoms with Gasteiger partial charge in [-0.3, -0.25) is 4.79 Å². The van der Waals surface area contributed by atoms with Crippen molar-refractivity contribution in [1.82, 2.24) is 19.7 Å².